The lowest BCUT2D eigenvalue weighted by atomic mass is 9.98. The average molecular weight is 534 g/mol. The minimum absolute atomic E-state index is 0.0620. The fourth-order valence-corrected chi connectivity index (χ4v) is 5.60. The van der Waals surface area contributed by atoms with Gasteiger partial charge in [0.1, 0.15) is 17.4 Å². The van der Waals surface area contributed by atoms with Crippen molar-refractivity contribution >= 4 is 27.0 Å². The lowest BCUT2D eigenvalue weighted by Crippen LogP contribution is -2.46. The number of hydrogen-bond acceptors (Lipinski definition) is 6. The summed E-state index contributed by atoms with van der Waals surface area (Å²) in [6, 6.07) is 18.3. The Kier molecular flexibility index (Phi) is 7.85. The Balaban J connectivity index is 1.62. The fraction of sp³-hybridized carbons (Fsp3) is 0.267. The van der Waals surface area contributed by atoms with Gasteiger partial charge in [0.15, 0.2) is 0 Å². The number of aryl methyl sites for hydroxylation is 3. The van der Waals surface area contributed by atoms with Crippen molar-refractivity contribution in [1.82, 2.24) is 4.72 Å². The van der Waals surface area contributed by atoms with Crippen molar-refractivity contribution < 1.29 is 22.4 Å². The smallest absolute Gasteiger partial charge is 0.340 e. The normalized spacial score (nSPS) is 12.6. The fourth-order valence-electron chi connectivity index (χ4n) is 4.27. The Morgan fingerprint density at radius 2 is 1.58 bits per heavy atom. The first-order valence-electron chi connectivity index (χ1n) is 12.4. The highest BCUT2D eigenvalue weighted by atomic mass is 32.2. The molecule has 1 aromatic heterocycles. The molecule has 4 aromatic rings. The third-order valence-corrected chi connectivity index (χ3v) is 8.08. The van der Waals surface area contributed by atoms with Crippen LogP contribution in [0.3, 0.4) is 0 Å². The van der Waals surface area contributed by atoms with Crippen molar-refractivity contribution in [2.24, 2.45) is 5.92 Å². The van der Waals surface area contributed by atoms with Crippen LogP contribution < -0.4 is 15.1 Å². The molecule has 0 saturated heterocycles. The Labute approximate surface area is 222 Å². The van der Waals surface area contributed by atoms with Crippen LogP contribution in [-0.4, -0.2) is 20.4 Å². The minimum atomic E-state index is -3.96. The van der Waals surface area contributed by atoms with Crippen molar-refractivity contribution in [1.29, 1.82) is 0 Å². The van der Waals surface area contributed by atoms with E-state index < -0.39 is 27.7 Å². The number of carbonyl (C=O) groups is 1. The topological polar surface area (TPSA) is 103 Å². The molecule has 1 heterocycles. The van der Waals surface area contributed by atoms with Crippen molar-refractivity contribution in [2.75, 3.05) is 0 Å². The Hall–Kier alpha value is -3.75. The van der Waals surface area contributed by atoms with Gasteiger partial charge in [-0.3, -0.25) is 0 Å². The number of rotatable bonds is 8. The first-order chi connectivity index (χ1) is 18.0. The highest BCUT2D eigenvalue weighted by Crippen LogP contribution is 2.30. The van der Waals surface area contributed by atoms with E-state index in [0.717, 1.165) is 22.1 Å². The second kappa shape index (κ2) is 10.9. The molecule has 0 aliphatic heterocycles. The highest BCUT2D eigenvalue weighted by molar-refractivity contribution is 7.89. The van der Waals surface area contributed by atoms with Gasteiger partial charge >= 0.3 is 11.6 Å². The molecular formula is C30H31NO6S. The lowest BCUT2D eigenvalue weighted by Gasteiger charge is -2.21. The molecule has 0 radical (unpaired) electrons. The van der Waals surface area contributed by atoms with Crippen molar-refractivity contribution in [3.05, 3.63) is 105 Å². The molecule has 0 bridgehead atoms. The number of nitrogens with one attached hydrogen (secondary N) is 1. The summed E-state index contributed by atoms with van der Waals surface area (Å²) in [7, 11) is -3.96. The molecule has 8 heteroatoms. The molecular weight excluding hydrogens is 502 g/mol. The van der Waals surface area contributed by atoms with Crippen LogP contribution in [0.2, 0.25) is 0 Å². The van der Waals surface area contributed by atoms with Crippen molar-refractivity contribution in [3.8, 4) is 5.75 Å². The molecule has 1 unspecified atom stereocenters. The van der Waals surface area contributed by atoms with Gasteiger partial charge in [0.25, 0.3) is 0 Å². The predicted molar refractivity (Wildman–Crippen MR) is 147 cm³/mol. The average Bonchev–Trinajstić information content (AvgIpc) is 2.88. The Morgan fingerprint density at radius 3 is 2.21 bits per heavy atom. The predicted octanol–water partition coefficient (Wildman–Crippen LogP) is 5.22. The van der Waals surface area contributed by atoms with Gasteiger partial charge in [-0.15, -0.1) is 0 Å². The number of ether oxygens (including phenoxy) is 1. The van der Waals surface area contributed by atoms with E-state index in [0.29, 0.717) is 23.1 Å². The van der Waals surface area contributed by atoms with Gasteiger partial charge in [-0.2, -0.15) is 4.72 Å². The third-order valence-electron chi connectivity index (χ3n) is 6.62. The SMILES string of the molecule is Cc1ccc(S(=O)(=O)NC(C(=O)Oc2ccc3c(C)c(Cc4ccccc4)c(=O)oc3c2C)C(C)C)cc1. The standard InChI is InChI=1S/C30H31NO6S/c1-18(2)27(31-38(34,35)23-13-11-19(3)12-14-23)30(33)36-26-16-15-24-20(4)25(17-22-9-7-6-8-10-22)29(32)37-28(24)21(26)5/h6-16,18,27,31H,17H2,1-5H3. The molecule has 198 valence electrons. The van der Waals surface area contributed by atoms with Crippen LogP contribution in [0.5, 0.6) is 5.75 Å². The largest absolute Gasteiger partial charge is 0.425 e. The zero-order valence-electron chi connectivity index (χ0n) is 22.1. The second-order valence-electron chi connectivity index (χ2n) is 9.80. The second-order valence-corrected chi connectivity index (χ2v) is 11.5. The van der Waals surface area contributed by atoms with E-state index in [2.05, 4.69) is 4.72 Å². The maximum atomic E-state index is 13.2. The van der Waals surface area contributed by atoms with Crippen LogP contribution in [0.1, 0.15) is 41.7 Å². The summed E-state index contributed by atoms with van der Waals surface area (Å²) in [5.74, 6) is -0.942. The molecule has 0 amide bonds. The number of hydrogen-bond donors (Lipinski definition) is 1. The lowest BCUT2D eigenvalue weighted by molar-refractivity contribution is -0.137. The molecule has 4 rings (SSSR count). The zero-order valence-corrected chi connectivity index (χ0v) is 22.9. The molecule has 0 fully saturated rings. The third kappa shape index (κ3) is 5.71. The first kappa shape index (κ1) is 27.3. The summed E-state index contributed by atoms with van der Waals surface area (Å²) < 4.78 is 39.7. The molecule has 1 atom stereocenters. The first-order valence-corrected chi connectivity index (χ1v) is 13.9. The molecule has 1 N–H and O–H groups in total. The number of sulfonamides is 1. The van der Waals surface area contributed by atoms with Gasteiger partial charge in [-0.05, 0) is 62.1 Å². The quantitative estimate of drug-likeness (QED) is 0.189. The molecule has 0 saturated carbocycles. The zero-order chi connectivity index (χ0) is 27.6. The monoisotopic (exact) mass is 533 g/mol. The van der Waals surface area contributed by atoms with E-state index in [9.17, 15) is 18.0 Å². The molecule has 0 aliphatic carbocycles. The summed E-state index contributed by atoms with van der Waals surface area (Å²) in [6.45, 7) is 8.89. The minimum Gasteiger partial charge on any atom is -0.425 e. The van der Waals surface area contributed by atoms with E-state index in [-0.39, 0.29) is 16.6 Å². The molecule has 0 spiro atoms. The maximum Gasteiger partial charge on any atom is 0.340 e. The summed E-state index contributed by atoms with van der Waals surface area (Å²) in [6.07, 6.45) is 0.442. The van der Waals surface area contributed by atoms with Crippen LogP contribution in [0.25, 0.3) is 11.0 Å². The van der Waals surface area contributed by atoms with Crippen LogP contribution in [0.15, 0.2) is 80.8 Å². The Morgan fingerprint density at radius 1 is 0.921 bits per heavy atom. The van der Waals surface area contributed by atoms with Gasteiger partial charge in [-0.1, -0.05) is 61.9 Å². The molecule has 0 aliphatic rings. The summed E-state index contributed by atoms with van der Waals surface area (Å²) in [4.78, 5) is 26.1. The van der Waals surface area contributed by atoms with Crippen LogP contribution >= 0.6 is 0 Å². The van der Waals surface area contributed by atoms with Gasteiger partial charge in [0.2, 0.25) is 10.0 Å². The number of benzene rings is 3. The van der Waals surface area contributed by atoms with E-state index in [1.807, 2.05) is 44.2 Å². The van der Waals surface area contributed by atoms with Crippen LogP contribution in [0.4, 0.5) is 0 Å². The highest BCUT2D eigenvalue weighted by Gasteiger charge is 2.30. The van der Waals surface area contributed by atoms with Gasteiger partial charge < -0.3 is 9.15 Å². The summed E-state index contributed by atoms with van der Waals surface area (Å²) in [5.41, 5.74) is 3.64. The van der Waals surface area contributed by atoms with Gasteiger partial charge in [-0.25, -0.2) is 18.0 Å². The molecule has 7 nitrogen and oxygen atoms in total. The number of carbonyl (C=O) groups excluding carboxylic acids is 1. The number of esters is 1. The molecule has 3 aromatic carbocycles. The van der Waals surface area contributed by atoms with Crippen LogP contribution in [-0.2, 0) is 21.2 Å². The van der Waals surface area contributed by atoms with E-state index in [4.69, 9.17) is 9.15 Å². The summed E-state index contributed by atoms with van der Waals surface area (Å²) in [5, 5.41) is 0.744. The Bertz CT molecular complexity index is 1640. The van der Waals surface area contributed by atoms with Gasteiger partial charge in [0.05, 0.1) is 4.90 Å². The van der Waals surface area contributed by atoms with Crippen molar-refractivity contribution in [2.45, 2.75) is 52.0 Å². The molecule has 38 heavy (non-hydrogen) atoms. The maximum absolute atomic E-state index is 13.2. The van der Waals surface area contributed by atoms with Crippen molar-refractivity contribution in [3.63, 3.8) is 0 Å². The van der Waals surface area contributed by atoms with Crippen LogP contribution in [0, 0.1) is 26.7 Å². The number of fused-ring (bicyclic) bond motifs is 1. The van der Waals surface area contributed by atoms with E-state index >= 15 is 0 Å². The summed E-state index contributed by atoms with van der Waals surface area (Å²) >= 11 is 0. The van der Waals surface area contributed by atoms with E-state index in [1.165, 1.54) is 12.1 Å². The van der Waals surface area contributed by atoms with E-state index in [1.54, 1.807) is 45.0 Å². The van der Waals surface area contributed by atoms with Gasteiger partial charge in [0, 0.05) is 22.9 Å².